The number of aromatic nitrogens is 2. The highest BCUT2D eigenvalue weighted by molar-refractivity contribution is 5.74. The number of hydrogen-bond acceptors (Lipinski definition) is 4. The Balaban J connectivity index is 2.07. The van der Waals surface area contributed by atoms with Crippen LogP contribution in [0.2, 0.25) is 0 Å². The second-order valence-corrected chi connectivity index (χ2v) is 8.69. The van der Waals surface area contributed by atoms with Crippen molar-refractivity contribution < 1.29 is 5.11 Å². The van der Waals surface area contributed by atoms with Gasteiger partial charge in [-0.2, -0.15) is 0 Å². The fraction of sp³-hybridized carbons (Fsp3) is 0.667. The minimum atomic E-state index is -0.900. The molecule has 1 fully saturated rings. The highest BCUT2D eigenvalue weighted by atomic mass is 16.3. The van der Waals surface area contributed by atoms with Gasteiger partial charge in [0.05, 0.1) is 17.2 Å². The van der Waals surface area contributed by atoms with Gasteiger partial charge < -0.3 is 5.11 Å². The summed E-state index contributed by atoms with van der Waals surface area (Å²) in [5, 5.41) is 13.2. The Morgan fingerprint density at radius 2 is 1.59 bits per heavy atom. The quantitative estimate of drug-likeness (QED) is 0.728. The molecule has 148 valence electrons. The summed E-state index contributed by atoms with van der Waals surface area (Å²) < 4.78 is 1.60. The van der Waals surface area contributed by atoms with Crippen molar-refractivity contribution in [3.63, 3.8) is 0 Å². The average Bonchev–Trinajstić information content (AvgIpc) is 3.23. The Labute approximate surface area is 158 Å². The maximum atomic E-state index is 13.2. The first-order valence-corrected chi connectivity index (χ1v) is 10.1. The highest BCUT2D eigenvalue weighted by Gasteiger charge is 2.32. The summed E-state index contributed by atoms with van der Waals surface area (Å²) in [6.45, 7) is 8.24. The molecule has 0 amide bonds. The SMILES string of the molecule is CC(C)C(C(C)C)n1[nH]c(CCC2CCCC2)c(-c2c(O)c(=O)c2=O)c1=O. The van der Waals surface area contributed by atoms with Crippen LogP contribution in [0.5, 0.6) is 5.75 Å². The van der Waals surface area contributed by atoms with Crippen molar-refractivity contribution in [3.05, 3.63) is 36.5 Å². The molecule has 1 heterocycles. The first kappa shape index (κ1) is 19.6. The van der Waals surface area contributed by atoms with Crippen molar-refractivity contribution in [1.29, 1.82) is 0 Å². The van der Waals surface area contributed by atoms with Crippen molar-refractivity contribution in [1.82, 2.24) is 9.78 Å². The molecule has 0 radical (unpaired) electrons. The lowest BCUT2D eigenvalue weighted by atomic mass is 9.93. The third-order valence-corrected chi connectivity index (χ3v) is 6.07. The number of aryl methyl sites for hydroxylation is 1. The van der Waals surface area contributed by atoms with Gasteiger partial charge in [-0.3, -0.25) is 19.5 Å². The van der Waals surface area contributed by atoms with Crippen LogP contribution in [-0.4, -0.2) is 14.9 Å². The van der Waals surface area contributed by atoms with E-state index < -0.39 is 16.6 Å². The van der Waals surface area contributed by atoms with E-state index in [1.54, 1.807) is 4.68 Å². The van der Waals surface area contributed by atoms with Gasteiger partial charge in [0.25, 0.3) is 11.0 Å². The Morgan fingerprint density at radius 3 is 2.11 bits per heavy atom. The van der Waals surface area contributed by atoms with E-state index in [2.05, 4.69) is 32.8 Å². The fourth-order valence-electron chi connectivity index (χ4n) is 4.78. The summed E-state index contributed by atoms with van der Waals surface area (Å²) in [6, 6.07) is -0.0508. The number of nitrogens with one attached hydrogen (secondary N) is 1. The van der Waals surface area contributed by atoms with Crippen molar-refractivity contribution in [2.45, 2.75) is 72.3 Å². The highest BCUT2D eigenvalue weighted by Crippen LogP contribution is 2.32. The molecule has 2 aromatic rings. The molecule has 0 spiro atoms. The third kappa shape index (κ3) is 3.42. The number of hydrogen-bond donors (Lipinski definition) is 2. The van der Waals surface area contributed by atoms with Gasteiger partial charge in [0.1, 0.15) is 0 Å². The summed E-state index contributed by atoms with van der Waals surface area (Å²) in [5.74, 6) is 0.504. The van der Waals surface area contributed by atoms with Gasteiger partial charge in [0, 0.05) is 5.69 Å². The molecule has 2 N–H and O–H groups in total. The lowest BCUT2D eigenvalue weighted by Gasteiger charge is -2.25. The van der Waals surface area contributed by atoms with Crippen LogP contribution in [0.4, 0.5) is 0 Å². The van der Waals surface area contributed by atoms with E-state index >= 15 is 0 Å². The molecule has 1 aromatic carbocycles. The summed E-state index contributed by atoms with van der Waals surface area (Å²) in [4.78, 5) is 36.8. The lowest BCUT2D eigenvalue weighted by Crippen LogP contribution is -2.35. The van der Waals surface area contributed by atoms with E-state index in [0.29, 0.717) is 18.0 Å². The van der Waals surface area contributed by atoms with E-state index in [1.807, 2.05) is 0 Å². The predicted octanol–water partition coefficient (Wildman–Crippen LogP) is 3.12. The number of aromatic amines is 1. The van der Waals surface area contributed by atoms with Crippen LogP contribution in [-0.2, 0) is 6.42 Å². The summed E-state index contributed by atoms with van der Waals surface area (Å²) >= 11 is 0. The first-order valence-electron chi connectivity index (χ1n) is 10.1. The Hall–Kier alpha value is -2.11. The molecule has 6 heteroatoms. The van der Waals surface area contributed by atoms with Gasteiger partial charge in [-0.25, -0.2) is 4.68 Å². The first-order chi connectivity index (χ1) is 12.7. The van der Waals surface area contributed by atoms with Crippen LogP contribution in [0, 0.1) is 17.8 Å². The zero-order valence-corrected chi connectivity index (χ0v) is 16.7. The number of rotatable bonds is 7. The second kappa shape index (κ2) is 7.49. The minimum absolute atomic E-state index is 0.0508. The molecule has 1 aromatic heterocycles. The van der Waals surface area contributed by atoms with E-state index in [4.69, 9.17) is 0 Å². The molecule has 1 saturated carbocycles. The zero-order valence-electron chi connectivity index (χ0n) is 16.7. The molecule has 0 saturated heterocycles. The largest absolute Gasteiger partial charge is 0.503 e. The van der Waals surface area contributed by atoms with Crippen molar-refractivity contribution in [3.8, 4) is 16.9 Å². The normalized spacial score (nSPS) is 15.8. The molecule has 0 atom stereocenters. The van der Waals surface area contributed by atoms with Gasteiger partial charge in [0.2, 0.25) is 5.43 Å². The molecular formula is C21H30N2O4. The maximum Gasteiger partial charge on any atom is 0.275 e. The van der Waals surface area contributed by atoms with Crippen LogP contribution in [0.3, 0.4) is 0 Å². The van der Waals surface area contributed by atoms with E-state index in [1.165, 1.54) is 25.7 Å². The van der Waals surface area contributed by atoms with Crippen LogP contribution in [0.1, 0.15) is 71.5 Å². The van der Waals surface area contributed by atoms with Crippen LogP contribution in [0.25, 0.3) is 11.1 Å². The van der Waals surface area contributed by atoms with Gasteiger partial charge in [-0.15, -0.1) is 0 Å². The fourth-order valence-corrected chi connectivity index (χ4v) is 4.78. The monoisotopic (exact) mass is 374 g/mol. The molecule has 0 unspecified atom stereocenters. The van der Waals surface area contributed by atoms with Crippen LogP contribution < -0.4 is 16.4 Å². The van der Waals surface area contributed by atoms with Gasteiger partial charge >= 0.3 is 0 Å². The molecule has 1 aliphatic rings. The van der Waals surface area contributed by atoms with Gasteiger partial charge in [0.15, 0.2) is 5.75 Å². The molecule has 1 aliphatic carbocycles. The van der Waals surface area contributed by atoms with E-state index in [-0.39, 0.29) is 34.6 Å². The summed E-state index contributed by atoms with van der Waals surface area (Å²) in [6.07, 6.45) is 6.48. The summed E-state index contributed by atoms with van der Waals surface area (Å²) in [7, 11) is 0. The van der Waals surface area contributed by atoms with Crippen LogP contribution in [0.15, 0.2) is 14.4 Å². The Morgan fingerprint density at radius 1 is 1.00 bits per heavy atom. The third-order valence-electron chi connectivity index (χ3n) is 6.07. The maximum absolute atomic E-state index is 13.2. The standard InChI is InChI=1S/C21H30N2O4/c1-11(2)17(12(3)4)23-21(27)15(16-18(24)20(26)19(16)25)14(22-23)10-9-13-7-5-6-8-13/h11-13,17,22,24H,5-10H2,1-4H3. The summed E-state index contributed by atoms with van der Waals surface area (Å²) in [5.41, 5.74) is -1.22. The Kier molecular flexibility index (Phi) is 5.45. The Bertz CT molecular complexity index is 927. The van der Waals surface area contributed by atoms with E-state index in [0.717, 1.165) is 6.42 Å². The molecular weight excluding hydrogens is 344 g/mol. The zero-order chi connectivity index (χ0) is 19.9. The van der Waals surface area contributed by atoms with E-state index in [9.17, 15) is 19.5 Å². The molecule has 3 rings (SSSR count). The lowest BCUT2D eigenvalue weighted by molar-refractivity contribution is 0.258. The van der Waals surface area contributed by atoms with Gasteiger partial charge in [-0.1, -0.05) is 53.4 Å². The average molecular weight is 374 g/mol. The topological polar surface area (TPSA) is 92.2 Å². The molecule has 6 nitrogen and oxygen atoms in total. The van der Waals surface area contributed by atoms with Crippen molar-refractivity contribution >= 4 is 0 Å². The number of H-pyrrole nitrogens is 1. The predicted molar refractivity (Wildman–Crippen MR) is 106 cm³/mol. The van der Waals surface area contributed by atoms with Gasteiger partial charge in [-0.05, 0) is 30.6 Å². The van der Waals surface area contributed by atoms with Crippen molar-refractivity contribution in [2.24, 2.45) is 17.8 Å². The second-order valence-electron chi connectivity index (χ2n) is 8.69. The number of nitrogens with zero attached hydrogens (tertiary/aromatic N) is 1. The van der Waals surface area contributed by atoms with Crippen molar-refractivity contribution in [2.75, 3.05) is 0 Å². The number of aromatic hydroxyl groups is 1. The molecule has 0 bridgehead atoms. The molecule has 27 heavy (non-hydrogen) atoms. The minimum Gasteiger partial charge on any atom is -0.503 e. The molecule has 0 aliphatic heterocycles. The smallest absolute Gasteiger partial charge is 0.275 e. The van der Waals surface area contributed by atoms with Crippen LogP contribution >= 0.6 is 0 Å².